The highest BCUT2D eigenvalue weighted by molar-refractivity contribution is 6.47. The van der Waals surface area contributed by atoms with Crippen LogP contribution in [0, 0.1) is 0 Å². The summed E-state index contributed by atoms with van der Waals surface area (Å²) in [5.41, 5.74) is 0.161. The van der Waals surface area contributed by atoms with Gasteiger partial charge < -0.3 is 24.5 Å². The van der Waals surface area contributed by atoms with Crippen LogP contribution in [-0.2, 0) is 25.5 Å². The van der Waals surface area contributed by atoms with Gasteiger partial charge in [-0.25, -0.2) is 13.6 Å². The summed E-state index contributed by atoms with van der Waals surface area (Å²) in [7, 11) is -1.62. The van der Waals surface area contributed by atoms with Crippen LogP contribution in [0.1, 0.15) is 42.1 Å². The second-order valence-electron chi connectivity index (χ2n) is 7.11. The highest BCUT2D eigenvalue weighted by Gasteiger charge is 2.38. The van der Waals surface area contributed by atoms with Gasteiger partial charge in [-0.2, -0.15) is 13.2 Å². The molecule has 1 aromatic carbocycles. The Bertz CT molecular complexity index is 859. The highest BCUT2D eigenvalue weighted by atomic mass is 19.4. The number of fused-ring (bicyclic) bond motifs is 1. The first-order valence-electron chi connectivity index (χ1n) is 9.28. The van der Waals surface area contributed by atoms with Crippen molar-refractivity contribution in [1.29, 1.82) is 0 Å². The number of amides is 1. The van der Waals surface area contributed by atoms with E-state index in [-0.39, 0.29) is 17.7 Å². The van der Waals surface area contributed by atoms with E-state index in [1.165, 1.54) is 18.2 Å². The number of nitrogens with one attached hydrogen (secondary N) is 1. The molecule has 1 aliphatic heterocycles. The van der Waals surface area contributed by atoms with Gasteiger partial charge in [0.05, 0.1) is 5.94 Å². The molecule has 1 heterocycles. The van der Waals surface area contributed by atoms with Gasteiger partial charge in [0, 0.05) is 12.8 Å². The minimum Gasteiger partial charge on any atom is -0.534 e. The minimum absolute atomic E-state index is 0.00749. The van der Waals surface area contributed by atoms with Crippen molar-refractivity contribution in [1.82, 2.24) is 5.32 Å². The number of ether oxygens (including phenoxy) is 2. The second-order valence-corrected chi connectivity index (χ2v) is 7.11. The molecule has 0 fully saturated rings. The molecule has 1 amide bonds. The second kappa shape index (κ2) is 10.1. The van der Waals surface area contributed by atoms with Crippen LogP contribution in [0.25, 0.3) is 0 Å². The molecule has 0 saturated heterocycles. The molecule has 0 unspecified atom stereocenters. The number of halogens is 5. The minimum atomic E-state index is -4.77. The molecule has 0 radical (unpaired) electrons. The largest absolute Gasteiger partial charge is 0.547 e. The van der Waals surface area contributed by atoms with Crippen molar-refractivity contribution in [3.05, 3.63) is 29.3 Å². The first-order chi connectivity index (χ1) is 14.7. The molecule has 2 rings (SSSR count). The monoisotopic (exact) mass is 467 g/mol. The summed E-state index contributed by atoms with van der Waals surface area (Å²) in [6.07, 6.45) is -7.77. The zero-order chi connectivity index (χ0) is 24.1. The van der Waals surface area contributed by atoms with Gasteiger partial charge in [-0.1, -0.05) is 12.1 Å². The van der Waals surface area contributed by atoms with Gasteiger partial charge in [0.15, 0.2) is 0 Å². The number of para-hydroxylation sites is 1. The Morgan fingerprint density at radius 1 is 1.22 bits per heavy atom. The van der Waals surface area contributed by atoms with Crippen LogP contribution in [0.15, 0.2) is 18.2 Å². The molecule has 1 atom stereocenters. The molecule has 14 heteroatoms. The lowest BCUT2D eigenvalue weighted by Gasteiger charge is -2.29. The standard InChI is InChI=1S/C18H19BF5NO7/c1-17(20,21)6-5-13(26)25-12-7-10-3-2-4-11(15(10)32-19(12)29)16(28)31-9-30-14(27)8-18(22,23)24/h2-4,12,29H,5-9H2,1H3,(H,25,26)/t12-/m0/s1. The average molecular weight is 467 g/mol. The van der Waals surface area contributed by atoms with Crippen LogP contribution in [0.4, 0.5) is 22.0 Å². The Hall–Kier alpha value is -2.90. The first-order valence-corrected chi connectivity index (χ1v) is 9.28. The highest BCUT2D eigenvalue weighted by Crippen LogP contribution is 2.31. The zero-order valence-electron chi connectivity index (χ0n) is 16.7. The topological polar surface area (TPSA) is 111 Å². The number of benzene rings is 1. The fourth-order valence-electron chi connectivity index (χ4n) is 2.76. The van der Waals surface area contributed by atoms with E-state index in [4.69, 9.17) is 4.65 Å². The van der Waals surface area contributed by atoms with E-state index >= 15 is 0 Å². The van der Waals surface area contributed by atoms with Crippen molar-refractivity contribution in [3.8, 4) is 5.75 Å². The summed E-state index contributed by atoms with van der Waals surface area (Å²) < 4.78 is 76.1. The van der Waals surface area contributed by atoms with Crippen LogP contribution in [0.2, 0.25) is 0 Å². The predicted octanol–water partition coefficient (Wildman–Crippen LogP) is 2.17. The van der Waals surface area contributed by atoms with E-state index in [0.29, 0.717) is 12.5 Å². The van der Waals surface area contributed by atoms with Gasteiger partial charge in [0.2, 0.25) is 18.6 Å². The number of alkyl halides is 5. The summed E-state index contributed by atoms with van der Waals surface area (Å²) in [5, 5.41) is 12.5. The van der Waals surface area contributed by atoms with Gasteiger partial charge >= 0.3 is 25.2 Å². The maximum absolute atomic E-state index is 12.9. The fraction of sp³-hybridized carbons (Fsp3) is 0.500. The van der Waals surface area contributed by atoms with Gasteiger partial charge in [-0.05, 0) is 25.0 Å². The molecular weight excluding hydrogens is 448 g/mol. The van der Waals surface area contributed by atoms with E-state index in [2.05, 4.69) is 14.8 Å². The van der Waals surface area contributed by atoms with Crippen molar-refractivity contribution in [2.75, 3.05) is 6.79 Å². The number of hydrogen-bond acceptors (Lipinski definition) is 7. The van der Waals surface area contributed by atoms with Gasteiger partial charge in [0.1, 0.15) is 17.7 Å². The maximum atomic E-state index is 12.9. The third-order valence-corrected chi connectivity index (χ3v) is 4.23. The number of rotatable bonds is 8. The summed E-state index contributed by atoms with van der Waals surface area (Å²) in [6, 6.07) is 4.18. The van der Waals surface area contributed by atoms with Gasteiger partial charge in [-0.15, -0.1) is 0 Å². The Kier molecular flexibility index (Phi) is 8.05. The summed E-state index contributed by atoms with van der Waals surface area (Å²) >= 11 is 0. The first kappa shape index (κ1) is 25.4. The lowest BCUT2D eigenvalue weighted by atomic mass is 9.72. The smallest absolute Gasteiger partial charge is 0.534 e. The van der Waals surface area contributed by atoms with Gasteiger partial charge in [-0.3, -0.25) is 9.59 Å². The summed E-state index contributed by atoms with van der Waals surface area (Å²) in [6.45, 7) is -0.395. The molecule has 1 aliphatic rings. The Morgan fingerprint density at radius 3 is 2.53 bits per heavy atom. The molecule has 0 bridgehead atoms. The summed E-state index contributed by atoms with van der Waals surface area (Å²) in [5.74, 6) is -7.55. The SMILES string of the molecule is CC(F)(F)CCC(=O)N[C@H]1Cc2cccc(C(=O)OCOC(=O)CC(F)(F)F)c2OB1O. The van der Waals surface area contributed by atoms with Crippen LogP contribution < -0.4 is 9.97 Å². The van der Waals surface area contributed by atoms with Crippen molar-refractivity contribution in [3.63, 3.8) is 0 Å². The van der Waals surface area contributed by atoms with Crippen LogP contribution >= 0.6 is 0 Å². The van der Waals surface area contributed by atoms with Crippen molar-refractivity contribution < 1.29 is 55.5 Å². The number of hydrogen-bond donors (Lipinski definition) is 2. The molecular formula is C18H19BF5NO7. The molecule has 0 saturated carbocycles. The van der Waals surface area contributed by atoms with Crippen LogP contribution in [0.3, 0.4) is 0 Å². The molecule has 8 nitrogen and oxygen atoms in total. The molecule has 2 N–H and O–H groups in total. The van der Waals surface area contributed by atoms with Crippen molar-refractivity contribution in [2.24, 2.45) is 0 Å². The van der Waals surface area contributed by atoms with Gasteiger partial charge in [0.25, 0.3) is 0 Å². The third kappa shape index (κ3) is 7.98. The van der Waals surface area contributed by atoms with E-state index in [1.54, 1.807) is 0 Å². The maximum Gasteiger partial charge on any atom is 0.547 e. The number of esters is 2. The number of carbonyl (C=O) groups excluding carboxylic acids is 3. The fourth-order valence-corrected chi connectivity index (χ4v) is 2.76. The molecule has 32 heavy (non-hydrogen) atoms. The Balaban J connectivity index is 1.97. The van der Waals surface area contributed by atoms with Crippen LogP contribution in [-0.4, -0.2) is 54.8 Å². The Labute approximate surface area is 179 Å². The molecule has 0 aromatic heterocycles. The average Bonchev–Trinajstić information content (AvgIpc) is 2.64. The van der Waals surface area contributed by atoms with E-state index < -0.39 is 69.1 Å². The normalized spacial score (nSPS) is 16.0. The van der Waals surface area contributed by atoms with Crippen LogP contribution in [0.5, 0.6) is 5.75 Å². The molecule has 176 valence electrons. The quantitative estimate of drug-likeness (QED) is 0.261. The van der Waals surface area contributed by atoms with E-state index in [1.807, 2.05) is 0 Å². The molecule has 1 aromatic rings. The van der Waals surface area contributed by atoms with E-state index in [0.717, 1.165) is 0 Å². The van der Waals surface area contributed by atoms with E-state index in [9.17, 15) is 41.4 Å². The predicted molar refractivity (Wildman–Crippen MR) is 97.6 cm³/mol. The van der Waals surface area contributed by atoms with Crippen molar-refractivity contribution in [2.45, 2.75) is 50.6 Å². The van der Waals surface area contributed by atoms with Crippen molar-refractivity contribution >= 4 is 25.0 Å². The molecule has 0 spiro atoms. The lowest BCUT2D eigenvalue weighted by molar-refractivity contribution is -0.177. The molecule has 0 aliphatic carbocycles. The summed E-state index contributed by atoms with van der Waals surface area (Å²) in [4.78, 5) is 35.1. The lowest BCUT2D eigenvalue weighted by Crippen LogP contribution is -2.53. The Morgan fingerprint density at radius 2 is 1.91 bits per heavy atom. The third-order valence-electron chi connectivity index (χ3n) is 4.23. The number of carbonyl (C=O) groups is 3. The zero-order valence-corrected chi connectivity index (χ0v) is 16.7.